The van der Waals surface area contributed by atoms with Crippen LogP contribution in [0.5, 0.6) is 11.5 Å². The first-order chi connectivity index (χ1) is 7.84. The molecule has 0 aromatic heterocycles. The van der Waals surface area contributed by atoms with Crippen LogP contribution in [0.25, 0.3) is 0 Å². The van der Waals surface area contributed by atoms with Crippen molar-refractivity contribution < 1.29 is 20.1 Å². The van der Waals surface area contributed by atoms with Gasteiger partial charge in [-0.05, 0) is 13.0 Å². The second-order valence-electron chi connectivity index (χ2n) is 4.09. The Balaban J connectivity index is 3.24. The fourth-order valence-corrected chi connectivity index (χ4v) is 1.58. The Labute approximate surface area is 98.7 Å². The third kappa shape index (κ3) is 2.17. The van der Waals surface area contributed by atoms with Gasteiger partial charge in [-0.15, -0.1) is 0 Å². The highest BCUT2D eigenvalue weighted by Crippen LogP contribution is 2.38. The fourth-order valence-electron chi connectivity index (χ4n) is 1.58. The van der Waals surface area contributed by atoms with Crippen molar-refractivity contribution in [1.29, 1.82) is 0 Å². The van der Waals surface area contributed by atoms with Crippen molar-refractivity contribution in [3.8, 4) is 11.5 Å². The van der Waals surface area contributed by atoms with Crippen LogP contribution in [0.3, 0.4) is 0 Å². The molecule has 2 unspecified atom stereocenters. The van der Waals surface area contributed by atoms with E-state index in [2.05, 4.69) is 5.43 Å². The zero-order chi connectivity index (χ0) is 13.2. The molecule has 0 saturated carbocycles. The number of nitrogens with two attached hydrogens (primary N) is 1. The second-order valence-corrected chi connectivity index (χ2v) is 4.09. The number of carbonyl (C=O) groups is 1. The summed E-state index contributed by atoms with van der Waals surface area (Å²) in [6, 6.07) is 4.39. The number of nitrogens with one attached hydrogen (secondary N) is 1. The molecule has 0 spiro atoms. The SMILES string of the molecule is CC(c1cccc(O)c1O)C(C)(NN)C(=O)O. The van der Waals surface area contributed by atoms with Crippen LogP contribution in [-0.2, 0) is 4.79 Å². The number of hydrazine groups is 1. The minimum atomic E-state index is -1.44. The number of phenolic OH excluding ortho intramolecular Hbond substituents is 2. The normalized spacial score (nSPS) is 16.2. The molecule has 94 valence electrons. The average Bonchev–Trinajstić information content (AvgIpc) is 2.30. The number of benzene rings is 1. The molecule has 0 amide bonds. The molecular formula is C11H16N2O4. The summed E-state index contributed by atoms with van der Waals surface area (Å²) in [6.07, 6.45) is 0. The van der Waals surface area contributed by atoms with Crippen LogP contribution < -0.4 is 11.3 Å². The first kappa shape index (κ1) is 13.3. The zero-order valence-electron chi connectivity index (χ0n) is 9.64. The average molecular weight is 240 g/mol. The second kappa shape index (κ2) is 4.60. The van der Waals surface area contributed by atoms with Crippen molar-refractivity contribution in [2.45, 2.75) is 25.3 Å². The summed E-state index contributed by atoms with van der Waals surface area (Å²) in [4.78, 5) is 11.2. The molecule has 0 heterocycles. The fraction of sp³-hybridized carbons (Fsp3) is 0.364. The largest absolute Gasteiger partial charge is 0.504 e. The number of hydrogen-bond acceptors (Lipinski definition) is 5. The topological polar surface area (TPSA) is 116 Å². The summed E-state index contributed by atoms with van der Waals surface area (Å²) in [6.45, 7) is 3.01. The zero-order valence-corrected chi connectivity index (χ0v) is 9.64. The van der Waals surface area contributed by atoms with Gasteiger partial charge in [-0.1, -0.05) is 19.1 Å². The number of phenols is 2. The summed E-state index contributed by atoms with van der Waals surface area (Å²) >= 11 is 0. The van der Waals surface area contributed by atoms with Crippen LogP contribution in [0.4, 0.5) is 0 Å². The lowest BCUT2D eigenvalue weighted by atomic mass is 9.82. The minimum Gasteiger partial charge on any atom is -0.504 e. The number of carboxylic acids is 1. The maximum atomic E-state index is 11.2. The molecule has 1 aromatic rings. The van der Waals surface area contributed by atoms with Gasteiger partial charge in [0.1, 0.15) is 5.54 Å². The summed E-state index contributed by atoms with van der Waals surface area (Å²) in [5.74, 6) is 2.87. The van der Waals surface area contributed by atoms with Crippen LogP contribution >= 0.6 is 0 Å². The lowest BCUT2D eigenvalue weighted by Gasteiger charge is -2.31. The van der Waals surface area contributed by atoms with Crippen LogP contribution in [0.1, 0.15) is 25.3 Å². The summed E-state index contributed by atoms with van der Waals surface area (Å²) < 4.78 is 0. The van der Waals surface area contributed by atoms with Gasteiger partial charge in [-0.3, -0.25) is 10.6 Å². The van der Waals surface area contributed by atoms with E-state index < -0.39 is 17.4 Å². The van der Waals surface area contributed by atoms with Gasteiger partial charge in [-0.25, -0.2) is 5.43 Å². The minimum absolute atomic E-state index is 0.292. The molecule has 1 rings (SSSR count). The van der Waals surface area contributed by atoms with Gasteiger partial charge < -0.3 is 15.3 Å². The smallest absolute Gasteiger partial charge is 0.325 e. The van der Waals surface area contributed by atoms with E-state index in [1.165, 1.54) is 25.1 Å². The Bertz CT molecular complexity index is 435. The van der Waals surface area contributed by atoms with Crippen molar-refractivity contribution in [1.82, 2.24) is 5.43 Å². The number of aromatic hydroxyl groups is 2. The molecule has 0 radical (unpaired) electrons. The third-order valence-electron chi connectivity index (χ3n) is 3.12. The van der Waals surface area contributed by atoms with E-state index in [1.54, 1.807) is 6.92 Å². The van der Waals surface area contributed by atoms with Crippen molar-refractivity contribution in [3.63, 3.8) is 0 Å². The van der Waals surface area contributed by atoms with Crippen molar-refractivity contribution in [2.75, 3.05) is 0 Å². The molecule has 0 saturated heterocycles. The highest BCUT2D eigenvalue weighted by molar-refractivity contribution is 5.80. The molecule has 6 heteroatoms. The summed E-state index contributed by atoms with van der Waals surface area (Å²) in [5, 5.41) is 28.2. The van der Waals surface area contributed by atoms with E-state index in [1.807, 2.05) is 0 Å². The highest BCUT2D eigenvalue weighted by Gasteiger charge is 2.40. The van der Waals surface area contributed by atoms with Gasteiger partial charge in [-0.2, -0.15) is 0 Å². The molecule has 2 atom stereocenters. The lowest BCUT2D eigenvalue weighted by Crippen LogP contribution is -2.56. The quantitative estimate of drug-likeness (QED) is 0.297. The molecule has 6 N–H and O–H groups in total. The molecule has 0 fully saturated rings. The van der Waals surface area contributed by atoms with Crippen molar-refractivity contribution in [3.05, 3.63) is 23.8 Å². The molecule has 17 heavy (non-hydrogen) atoms. The molecule has 0 aliphatic rings. The van der Waals surface area contributed by atoms with Crippen molar-refractivity contribution in [2.24, 2.45) is 5.84 Å². The Hall–Kier alpha value is -1.79. The number of para-hydroxylation sites is 1. The van der Waals surface area contributed by atoms with Gasteiger partial charge in [0, 0.05) is 11.5 Å². The molecule has 0 bridgehead atoms. The Morgan fingerprint density at radius 2 is 2.06 bits per heavy atom. The van der Waals surface area contributed by atoms with Gasteiger partial charge in [0.25, 0.3) is 0 Å². The van der Waals surface area contributed by atoms with Crippen molar-refractivity contribution >= 4 is 5.97 Å². The third-order valence-corrected chi connectivity index (χ3v) is 3.12. The number of rotatable bonds is 4. The van der Waals surface area contributed by atoms with E-state index in [9.17, 15) is 15.0 Å². The predicted octanol–water partition coefficient (Wildman–Crippen LogP) is 0.508. The molecular weight excluding hydrogens is 224 g/mol. The van der Waals surface area contributed by atoms with Crippen LogP contribution in [0.2, 0.25) is 0 Å². The van der Waals surface area contributed by atoms with Crippen LogP contribution in [0, 0.1) is 0 Å². The monoisotopic (exact) mass is 240 g/mol. The molecule has 1 aromatic carbocycles. The van der Waals surface area contributed by atoms with E-state index in [0.717, 1.165) is 0 Å². The Kier molecular flexibility index (Phi) is 3.59. The maximum Gasteiger partial charge on any atom is 0.325 e. The van der Waals surface area contributed by atoms with Gasteiger partial charge >= 0.3 is 5.97 Å². The Morgan fingerprint density at radius 3 is 2.53 bits per heavy atom. The standard InChI is InChI=1S/C11H16N2O4/c1-6(11(2,13-12)10(16)17)7-4-3-5-8(14)9(7)15/h3-6,13-15H,12H2,1-2H3,(H,16,17). The highest BCUT2D eigenvalue weighted by atomic mass is 16.4. The summed E-state index contributed by atoms with van der Waals surface area (Å²) in [7, 11) is 0. The first-order valence-corrected chi connectivity index (χ1v) is 5.06. The maximum absolute atomic E-state index is 11.2. The molecule has 0 aliphatic heterocycles. The number of aliphatic carboxylic acids is 1. The Morgan fingerprint density at radius 1 is 1.47 bits per heavy atom. The van der Waals surface area contributed by atoms with Crippen LogP contribution in [0.15, 0.2) is 18.2 Å². The van der Waals surface area contributed by atoms with E-state index in [4.69, 9.17) is 10.9 Å². The van der Waals surface area contributed by atoms with Gasteiger partial charge in [0.05, 0.1) is 0 Å². The number of carboxylic acid groups (broad SMARTS) is 1. The van der Waals surface area contributed by atoms with Crippen LogP contribution in [-0.4, -0.2) is 26.8 Å². The predicted molar refractivity (Wildman–Crippen MR) is 61.6 cm³/mol. The van der Waals surface area contributed by atoms with E-state index >= 15 is 0 Å². The van der Waals surface area contributed by atoms with Gasteiger partial charge in [0.15, 0.2) is 11.5 Å². The van der Waals surface area contributed by atoms with E-state index in [-0.39, 0.29) is 11.5 Å². The number of hydrogen-bond donors (Lipinski definition) is 5. The molecule has 0 aliphatic carbocycles. The van der Waals surface area contributed by atoms with Gasteiger partial charge in [0.2, 0.25) is 0 Å². The van der Waals surface area contributed by atoms with E-state index in [0.29, 0.717) is 5.56 Å². The lowest BCUT2D eigenvalue weighted by molar-refractivity contribution is -0.145. The first-order valence-electron chi connectivity index (χ1n) is 5.06. The molecule has 6 nitrogen and oxygen atoms in total. The summed E-state index contributed by atoms with van der Waals surface area (Å²) in [5.41, 5.74) is 1.10.